The maximum absolute atomic E-state index is 12.9. The van der Waals surface area contributed by atoms with E-state index in [0.717, 1.165) is 31.6 Å². The number of aromatic nitrogens is 4. The summed E-state index contributed by atoms with van der Waals surface area (Å²) in [5.41, 5.74) is 0.563. The van der Waals surface area contributed by atoms with Gasteiger partial charge >= 0.3 is 0 Å². The van der Waals surface area contributed by atoms with E-state index in [1.807, 2.05) is 7.05 Å². The molecule has 0 saturated carbocycles. The minimum Gasteiger partial charge on any atom is -0.306 e. The number of halogens is 2. The van der Waals surface area contributed by atoms with Gasteiger partial charge in [0.15, 0.2) is 0 Å². The highest BCUT2D eigenvalue weighted by Gasteiger charge is 2.24. The van der Waals surface area contributed by atoms with Crippen LogP contribution >= 0.6 is 0 Å². The van der Waals surface area contributed by atoms with E-state index in [4.69, 9.17) is 0 Å². The van der Waals surface area contributed by atoms with Crippen molar-refractivity contribution in [2.45, 2.75) is 25.2 Å². The Morgan fingerprint density at radius 1 is 1.42 bits per heavy atom. The summed E-state index contributed by atoms with van der Waals surface area (Å²) in [5.74, 6) is 0.449. The van der Waals surface area contributed by atoms with Crippen LogP contribution in [0.1, 0.15) is 36.6 Å². The summed E-state index contributed by atoms with van der Waals surface area (Å²) in [6.07, 6.45) is 0.810. The van der Waals surface area contributed by atoms with E-state index in [1.54, 1.807) is 4.52 Å². The van der Waals surface area contributed by atoms with Crippen molar-refractivity contribution >= 4 is 5.78 Å². The second kappa shape index (κ2) is 4.80. The van der Waals surface area contributed by atoms with Crippen molar-refractivity contribution in [3.8, 4) is 0 Å². The SMILES string of the molecule is CN1CCCC(c2cc(C(F)F)nc3ncnn23)C1. The Morgan fingerprint density at radius 3 is 3.00 bits per heavy atom. The summed E-state index contributed by atoms with van der Waals surface area (Å²) in [4.78, 5) is 9.97. The topological polar surface area (TPSA) is 46.3 Å². The Kier molecular flexibility index (Phi) is 3.14. The molecule has 102 valence electrons. The maximum atomic E-state index is 12.9. The lowest BCUT2D eigenvalue weighted by Gasteiger charge is -2.29. The largest absolute Gasteiger partial charge is 0.306 e. The lowest BCUT2D eigenvalue weighted by Crippen LogP contribution is -2.32. The molecule has 1 saturated heterocycles. The van der Waals surface area contributed by atoms with Crippen molar-refractivity contribution in [1.82, 2.24) is 24.5 Å². The Labute approximate surface area is 109 Å². The summed E-state index contributed by atoms with van der Waals surface area (Å²) < 4.78 is 27.4. The molecule has 0 spiro atoms. The van der Waals surface area contributed by atoms with Gasteiger partial charge in [-0.2, -0.15) is 10.1 Å². The molecule has 1 aliphatic rings. The molecular formula is C12H15F2N5. The highest BCUT2D eigenvalue weighted by Crippen LogP contribution is 2.28. The number of fused-ring (bicyclic) bond motifs is 1. The molecule has 7 heteroatoms. The average molecular weight is 267 g/mol. The number of nitrogens with zero attached hydrogens (tertiary/aromatic N) is 5. The Balaban J connectivity index is 2.07. The predicted molar refractivity (Wildman–Crippen MR) is 65.2 cm³/mol. The number of hydrogen-bond acceptors (Lipinski definition) is 4. The molecule has 1 unspecified atom stereocenters. The van der Waals surface area contributed by atoms with Crippen LogP contribution in [-0.2, 0) is 0 Å². The molecule has 1 atom stereocenters. The zero-order chi connectivity index (χ0) is 13.4. The third-order valence-electron chi connectivity index (χ3n) is 3.57. The van der Waals surface area contributed by atoms with Gasteiger partial charge in [0.25, 0.3) is 12.2 Å². The van der Waals surface area contributed by atoms with Crippen molar-refractivity contribution in [2.75, 3.05) is 20.1 Å². The van der Waals surface area contributed by atoms with E-state index in [1.165, 1.54) is 12.4 Å². The average Bonchev–Trinajstić information content (AvgIpc) is 2.85. The van der Waals surface area contributed by atoms with Gasteiger partial charge in [0, 0.05) is 12.5 Å². The van der Waals surface area contributed by atoms with Crippen molar-refractivity contribution < 1.29 is 8.78 Å². The van der Waals surface area contributed by atoms with Gasteiger partial charge in [0.1, 0.15) is 12.0 Å². The maximum Gasteiger partial charge on any atom is 0.280 e. The first-order chi connectivity index (χ1) is 9.15. The van der Waals surface area contributed by atoms with Crippen LogP contribution in [0.2, 0.25) is 0 Å². The van der Waals surface area contributed by atoms with Gasteiger partial charge in [0.2, 0.25) is 0 Å². The third kappa shape index (κ3) is 2.30. The second-order valence-corrected chi connectivity index (χ2v) is 4.98. The Bertz CT molecular complexity index is 583. The molecule has 3 heterocycles. The van der Waals surface area contributed by atoms with Gasteiger partial charge in [-0.05, 0) is 32.5 Å². The molecule has 0 bridgehead atoms. The van der Waals surface area contributed by atoms with E-state index in [9.17, 15) is 8.78 Å². The highest BCUT2D eigenvalue weighted by atomic mass is 19.3. The van der Waals surface area contributed by atoms with Crippen molar-refractivity contribution in [1.29, 1.82) is 0 Å². The molecule has 1 aliphatic heterocycles. The summed E-state index contributed by atoms with van der Waals surface area (Å²) in [6.45, 7) is 1.89. The zero-order valence-corrected chi connectivity index (χ0v) is 10.6. The fourth-order valence-corrected chi connectivity index (χ4v) is 2.66. The van der Waals surface area contributed by atoms with Crippen LogP contribution in [0.15, 0.2) is 12.4 Å². The fraction of sp³-hybridized carbons (Fsp3) is 0.583. The molecule has 0 aromatic carbocycles. The van der Waals surface area contributed by atoms with Crippen LogP contribution in [0.5, 0.6) is 0 Å². The second-order valence-electron chi connectivity index (χ2n) is 4.98. The molecule has 0 amide bonds. The summed E-state index contributed by atoms with van der Waals surface area (Å²) >= 11 is 0. The zero-order valence-electron chi connectivity index (χ0n) is 10.6. The number of alkyl halides is 2. The summed E-state index contributed by atoms with van der Waals surface area (Å²) in [7, 11) is 2.04. The van der Waals surface area contributed by atoms with Crippen LogP contribution in [0.3, 0.4) is 0 Å². The Morgan fingerprint density at radius 2 is 2.26 bits per heavy atom. The van der Waals surface area contributed by atoms with E-state index in [2.05, 4.69) is 20.0 Å². The number of hydrogen-bond donors (Lipinski definition) is 0. The quantitative estimate of drug-likeness (QED) is 0.833. The van der Waals surface area contributed by atoms with E-state index >= 15 is 0 Å². The lowest BCUT2D eigenvalue weighted by atomic mass is 9.94. The molecule has 0 radical (unpaired) electrons. The molecule has 2 aromatic rings. The Hall–Kier alpha value is -1.63. The standard InChI is InChI=1S/C12H15F2N5/c1-18-4-2-3-8(6-18)10-5-9(11(13)14)17-12-15-7-16-19(10)12/h5,7-8,11H,2-4,6H2,1H3. The molecule has 1 fully saturated rings. The first kappa shape index (κ1) is 12.4. The van der Waals surface area contributed by atoms with Gasteiger partial charge in [-0.15, -0.1) is 0 Å². The summed E-state index contributed by atoms with van der Waals surface area (Å²) in [5, 5.41) is 4.10. The minimum absolute atomic E-state index is 0.198. The smallest absolute Gasteiger partial charge is 0.280 e. The van der Waals surface area contributed by atoms with Crippen molar-refractivity contribution in [3.05, 3.63) is 23.8 Å². The highest BCUT2D eigenvalue weighted by molar-refractivity contribution is 5.32. The predicted octanol–water partition coefficient (Wildman–Crippen LogP) is 1.87. The van der Waals surface area contributed by atoms with Crippen molar-refractivity contribution in [2.24, 2.45) is 0 Å². The van der Waals surface area contributed by atoms with Gasteiger partial charge in [0.05, 0.1) is 5.69 Å². The fourth-order valence-electron chi connectivity index (χ4n) is 2.66. The van der Waals surface area contributed by atoms with Crippen LogP contribution in [0, 0.1) is 0 Å². The first-order valence-electron chi connectivity index (χ1n) is 6.32. The molecule has 19 heavy (non-hydrogen) atoms. The van der Waals surface area contributed by atoms with Gasteiger partial charge in [-0.25, -0.2) is 18.3 Å². The number of rotatable bonds is 2. The minimum atomic E-state index is -2.58. The van der Waals surface area contributed by atoms with Crippen LogP contribution in [0.25, 0.3) is 5.78 Å². The van der Waals surface area contributed by atoms with Gasteiger partial charge in [-0.3, -0.25) is 0 Å². The molecule has 5 nitrogen and oxygen atoms in total. The number of piperidine rings is 1. The van der Waals surface area contributed by atoms with E-state index in [0.29, 0.717) is 0 Å². The number of likely N-dealkylation sites (N-methyl/N-ethyl adjacent to an activating group) is 1. The molecule has 0 N–H and O–H groups in total. The lowest BCUT2D eigenvalue weighted by molar-refractivity contribution is 0.145. The van der Waals surface area contributed by atoms with Crippen molar-refractivity contribution in [3.63, 3.8) is 0 Å². The first-order valence-corrected chi connectivity index (χ1v) is 6.32. The molecule has 3 rings (SSSR count). The molecule has 0 aliphatic carbocycles. The van der Waals surface area contributed by atoms with E-state index < -0.39 is 6.43 Å². The third-order valence-corrected chi connectivity index (χ3v) is 3.57. The normalized spacial score (nSPS) is 21.4. The molecule has 2 aromatic heterocycles. The van der Waals surface area contributed by atoms with Crippen LogP contribution < -0.4 is 0 Å². The monoisotopic (exact) mass is 267 g/mol. The van der Waals surface area contributed by atoms with Gasteiger partial charge < -0.3 is 4.90 Å². The molecular weight excluding hydrogens is 252 g/mol. The summed E-state index contributed by atoms with van der Waals surface area (Å²) in [6, 6.07) is 1.47. The van der Waals surface area contributed by atoms with Crippen LogP contribution in [-0.4, -0.2) is 44.6 Å². The van der Waals surface area contributed by atoms with E-state index in [-0.39, 0.29) is 17.4 Å². The number of likely N-dealkylation sites (tertiary alicyclic amines) is 1. The van der Waals surface area contributed by atoms with Gasteiger partial charge in [-0.1, -0.05) is 0 Å². The van der Waals surface area contributed by atoms with Crippen LogP contribution in [0.4, 0.5) is 8.78 Å².